The van der Waals surface area contributed by atoms with Gasteiger partial charge in [0.15, 0.2) is 0 Å². The van der Waals surface area contributed by atoms with Gasteiger partial charge in [0, 0.05) is 24.8 Å². The van der Waals surface area contributed by atoms with E-state index in [0.29, 0.717) is 10.6 Å². The third-order valence-corrected chi connectivity index (χ3v) is 7.84. The van der Waals surface area contributed by atoms with E-state index in [1.54, 1.807) is 12.1 Å². The van der Waals surface area contributed by atoms with E-state index in [1.807, 2.05) is 17.0 Å². The average Bonchev–Trinajstić information content (AvgIpc) is 3.36. The number of hydrogen-bond acceptors (Lipinski definition) is 4. The molecule has 0 saturated carbocycles. The van der Waals surface area contributed by atoms with Crippen LogP contribution in [-0.4, -0.2) is 39.4 Å². The summed E-state index contributed by atoms with van der Waals surface area (Å²) in [4.78, 5) is 15.1. The molecule has 1 saturated heterocycles. The van der Waals surface area contributed by atoms with Crippen LogP contribution in [0.15, 0.2) is 53.4 Å². The number of benzene rings is 2. The Balaban J connectivity index is 1.65. The molecule has 3 aromatic rings. The first kappa shape index (κ1) is 18.9. The van der Waals surface area contributed by atoms with Gasteiger partial charge in [-0.15, -0.1) is 11.3 Å². The number of carbonyl (C=O) groups excluding carboxylic acids is 1. The Hall–Kier alpha value is -2.45. The van der Waals surface area contributed by atoms with Gasteiger partial charge in [-0.2, -0.15) is 0 Å². The van der Waals surface area contributed by atoms with Crippen LogP contribution in [0.3, 0.4) is 0 Å². The third-order valence-electron chi connectivity index (χ3n) is 4.94. The lowest BCUT2D eigenvalue weighted by molar-refractivity contribution is 0.0797. The molecule has 1 fully saturated rings. The number of carbonyl (C=O) groups is 1. The van der Waals surface area contributed by atoms with Crippen molar-refractivity contribution in [3.63, 3.8) is 0 Å². The van der Waals surface area contributed by atoms with E-state index in [4.69, 9.17) is 0 Å². The van der Waals surface area contributed by atoms with E-state index in [2.05, 4.69) is 0 Å². The molecule has 0 unspecified atom stereocenters. The Morgan fingerprint density at radius 2 is 1.75 bits per heavy atom. The monoisotopic (exact) mass is 418 g/mol. The highest BCUT2D eigenvalue weighted by molar-refractivity contribution is 7.92. The summed E-state index contributed by atoms with van der Waals surface area (Å²) in [6.45, 7) is 1.58. The maximum absolute atomic E-state index is 13.1. The number of amides is 1. The molecule has 4 rings (SSSR count). The molecule has 2 heterocycles. The molecule has 1 aliphatic heterocycles. The number of likely N-dealkylation sites (tertiary alicyclic amines) is 1. The van der Waals surface area contributed by atoms with Crippen LogP contribution in [0.25, 0.3) is 10.1 Å². The van der Waals surface area contributed by atoms with Gasteiger partial charge in [0.25, 0.3) is 15.9 Å². The molecular formula is C20H19FN2O3S2. The highest BCUT2D eigenvalue weighted by atomic mass is 32.2. The van der Waals surface area contributed by atoms with E-state index in [-0.39, 0.29) is 10.8 Å². The minimum Gasteiger partial charge on any atom is -0.338 e. The number of halogens is 1. The van der Waals surface area contributed by atoms with E-state index in [1.165, 1.54) is 34.8 Å². The molecule has 0 bridgehead atoms. The second-order valence-corrected chi connectivity index (χ2v) is 9.81. The predicted octanol–water partition coefficient (Wildman–Crippen LogP) is 4.10. The summed E-state index contributed by atoms with van der Waals surface area (Å²) in [5.41, 5.74) is 0.481. The predicted molar refractivity (Wildman–Crippen MR) is 109 cm³/mol. The van der Waals surface area contributed by atoms with Crippen LogP contribution in [-0.2, 0) is 10.0 Å². The number of nitrogens with zero attached hydrogens (tertiary/aromatic N) is 2. The fourth-order valence-electron chi connectivity index (χ4n) is 3.31. The Bertz CT molecular complexity index is 1130. The lowest BCUT2D eigenvalue weighted by Gasteiger charge is -2.19. The molecule has 1 amide bonds. The number of fused-ring (bicyclic) bond motifs is 1. The van der Waals surface area contributed by atoms with Gasteiger partial charge in [0.1, 0.15) is 5.82 Å². The first-order chi connectivity index (χ1) is 13.4. The molecule has 0 atom stereocenters. The number of hydrogen-bond donors (Lipinski definition) is 0. The summed E-state index contributed by atoms with van der Waals surface area (Å²) >= 11 is 1.42. The van der Waals surface area contributed by atoms with Crippen molar-refractivity contribution in [3.8, 4) is 0 Å². The Morgan fingerprint density at radius 1 is 1.07 bits per heavy atom. The van der Waals surface area contributed by atoms with Gasteiger partial charge in [-0.1, -0.05) is 0 Å². The zero-order valence-electron chi connectivity index (χ0n) is 15.3. The van der Waals surface area contributed by atoms with Gasteiger partial charge >= 0.3 is 0 Å². The van der Waals surface area contributed by atoms with Crippen LogP contribution in [0.5, 0.6) is 0 Å². The van der Waals surface area contributed by atoms with E-state index < -0.39 is 15.8 Å². The first-order valence-corrected chi connectivity index (χ1v) is 11.2. The smallest absolute Gasteiger partial charge is 0.264 e. The van der Waals surface area contributed by atoms with Crippen LogP contribution in [0.2, 0.25) is 0 Å². The summed E-state index contributed by atoms with van der Waals surface area (Å²) in [5, 5.41) is 0.825. The highest BCUT2D eigenvalue weighted by Gasteiger charge is 2.23. The molecule has 0 radical (unpaired) electrons. The fourth-order valence-corrected chi connectivity index (χ4v) is 5.51. The number of rotatable bonds is 4. The molecule has 1 aromatic heterocycles. The highest BCUT2D eigenvalue weighted by Crippen LogP contribution is 2.32. The second-order valence-electron chi connectivity index (χ2n) is 6.76. The number of thiophene rings is 1. The Morgan fingerprint density at radius 3 is 2.43 bits per heavy atom. The van der Waals surface area contributed by atoms with Crippen molar-refractivity contribution < 1.29 is 17.6 Å². The second kappa shape index (κ2) is 7.18. The molecule has 8 heteroatoms. The van der Waals surface area contributed by atoms with Crippen LogP contribution in [0.1, 0.15) is 22.5 Å². The quantitative estimate of drug-likeness (QED) is 0.641. The van der Waals surface area contributed by atoms with Gasteiger partial charge in [0.2, 0.25) is 0 Å². The topological polar surface area (TPSA) is 57.7 Å². The Kier molecular flexibility index (Phi) is 4.84. The zero-order chi connectivity index (χ0) is 19.9. The normalized spacial score (nSPS) is 14.6. The summed E-state index contributed by atoms with van der Waals surface area (Å²) < 4.78 is 40.8. The lowest BCUT2D eigenvalue weighted by Crippen LogP contribution is -2.26. The summed E-state index contributed by atoms with van der Waals surface area (Å²) in [6.07, 6.45) is 2.07. The van der Waals surface area contributed by atoms with Crippen molar-refractivity contribution in [2.75, 3.05) is 24.4 Å². The first-order valence-electron chi connectivity index (χ1n) is 8.94. The van der Waals surface area contributed by atoms with Crippen LogP contribution < -0.4 is 4.31 Å². The molecule has 5 nitrogen and oxygen atoms in total. The van der Waals surface area contributed by atoms with Gasteiger partial charge in [-0.25, -0.2) is 12.8 Å². The molecule has 1 aliphatic rings. The Labute approximate surface area is 167 Å². The summed E-state index contributed by atoms with van der Waals surface area (Å²) in [7, 11) is -2.34. The SMILES string of the molecule is CN(c1ccc2sc(C(=O)N3CCCC3)cc2c1)S(=O)(=O)c1ccc(F)cc1. The minimum atomic E-state index is -3.81. The number of sulfonamides is 1. The van der Waals surface area contributed by atoms with Gasteiger partial charge < -0.3 is 4.90 Å². The fraction of sp³-hybridized carbons (Fsp3) is 0.250. The standard InChI is InChI=1S/C20H19FN2O3S2/c1-22(28(25,26)17-7-4-15(21)5-8-17)16-6-9-18-14(12-16)13-19(27-18)20(24)23-10-2-3-11-23/h4-9,12-13H,2-3,10-11H2,1H3. The zero-order valence-corrected chi connectivity index (χ0v) is 16.9. The van der Waals surface area contributed by atoms with Crippen molar-refractivity contribution in [2.24, 2.45) is 0 Å². The van der Waals surface area contributed by atoms with Crippen LogP contribution in [0.4, 0.5) is 10.1 Å². The summed E-state index contributed by atoms with van der Waals surface area (Å²) in [5.74, 6) is -0.455. The van der Waals surface area contributed by atoms with E-state index in [9.17, 15) is 17.6 Å². The lowest BCUT2D eigenvalue weighted by atomic mass is 10.2. The minimum absolute atomic E-state index is 0.0201. The maximum atomic E-state index is 13.1. The van der Waals surface area contributed by atoms with Gasteiger partial charge in [-0.05, 0) is 66.8 Å². The van der Waals surface area contributed by atoms with Crippen molar-refractivity contribution >= 4 is 43.0 Å². The molecule has 0 N–H and O–H groups in total. The third kappa shape index (κ3) is 3.38. The maximum Gasteiger partial charge on any atom is 0.264 e. The molecule has 0 spiro atoms. The molecule has 0 aliphatic carbocycles. The molecule has 2 aromatic carbocycles. The van der Waals surface area contributed by atoms with Crippen LogP contribution >= 0.6 is 11.3 Å². The van der Waals surface area contributed by atoms with Crippen molar-refractivity contribution in [1.82, 2.24) is 4.90 Å². The van der Waals surface area contributed by atoms with Gasteiger partial charge in [0.05, 0.1) is 15.5 Å². The van der Waals surface area contributed by atoms with Crippen LogP contribution in [0, 0.1) is 5.82 Å². The molecule has 28 heavy (non-hydrogen) atoms. The van der Waals surface area contributed by atoms with Crippen molar-refractivity contribution in [2.45, 2.75) is 17.7 Å². The van der Waals surface area contributed by atoms with Gasteiger partial charge in [-0.3, -0.25) is 9.10 Å². The molecule has 146 valence electrons. The van der Waals surface area contributed by atoms with Crippen molar-refractivity contribution in [3.05, 3.63) is 59.2 Å². The largest absolute Gasteiger partial charge is 0.338 e. The summed E-state index contributed by atoms with van der Waals surface area (Å²) in [6, 6.07) is 11.9. The molecular weight excluding hydrogens is 399 g/mol. The number of anilines is 1. The van der Waals surface area contributed by atoms with E-state index >= 15 is 0 Å². The van der Waals surface area contributed by atoms with Crippen molar-refractivity contribution in [1.29, 1.82) is 0 Å². The van der Waals surface area contributed by atoms with E-state index in [0.717, 1.165) is 48.2 Å². The average molecular weight is 419 g/mol.